The lowest BCUT2D eigenvalue weighted by atomic mass is 10.1. The average Bonchev–Trinajstić information content (AvgIpc) is 2.99. The molecule has 0 fully saturated rings. The van der Waals surface area contributed by atoms with E-state index in [2.05, 4.69) is 33.7 Å². The highest BCUT2D eigenvalue weighted by Gasteiger charge is 2.42. The second-order valence-corrected chi connectivity index (χ2v) is 5.81. The summed E-state index contributed by atoms with van der Waals surface area (Å²) in [5.41, 5.74) is 1.54. The maximum atomic E-state index is 12.3. The van der Waals surface area contributed by atoms with E-state index in [9.17, 15) is 8.78 Å². The summed E-state index contributed by atoms with van der Waals surface area (Å²) in [6.07, 6.45) is -0.867. The van der Waals surface area contributed by atoms with Crippen LogP contribution < -0.4 is 9.47 Å². The van der Waals surface area contributed by atoms with Crippen LogP contribution in [0.1, 0.15) is 39.7 Å². The van der Waals surface area contributed by atoms with Crippen molar-refractivity contribution in [2.45, 2.75) is 51.7 Å². The van der Waals surface area contributed by atoms with Crippen molar-refractivity contribution in [2.24, 2.45) is 0 Å². The lowest BCUT2D eigenvalue weighted by Gasteiger charge is -2.13. The van der Waals surface area contributed by atoms with Gasteiger partial charge in [-0.3, -0.25) is 0 Å². The van der Waals surface area contributed by atoms with Crippen LogP contribution in [0.25, 0.3) is 0 Å². The molecule has 0 saturated carbocycles. The van der Waals surface area contributed by atoms with Gasteiger partial charge in [0.05, 0.1) is 0 Å². The number of ether oxygens (including phenoxy) is 2. The summed E-state index contributed by atoms with van der Waals surface area (Å²) in [5, 5.41) is 0. The molecule has 0 aliphatic carbocycles. The molecular formula is C20H26F2O2S. The predicted molar refractivity (Wildman–Crippen MR) is 101 cm³/mol. The Morgan fingerprint density at radius 1 is 0.840 bits per heavy atom. The van der Waals surface area contributed by atoms with E-state index >= 15 is 0 Å². The molecule has 25 heavy (non-hydrogen) atoms. The predicted octanol–water partition coefficient (Wildman–Crippen LogP) is 6.79. The van der Waals surface area contributed by atoms with Gasteiger partial charge in [0.25, 0.3) is 0 Å². The van der Waals surface area contributed by atoms with E-state index < -0.39 is 6.29 Å². The van der Waals surface area contributed by atoms with Gasteiger partial charge in [-0.15, -0.1) is 20.5 Å². The highest BCUT2D eigenvalue weighted by molar-refractivity contribution is 7.99. The van der Waals surface area contributed by atoms with Gasteiger partial charge in [0.2, 0.25) is 0 Å². The molecule has 0 bridgehead atoms. The molecular weight excluding hydrogens is 342 g/mol. The van der Waals surface area contributed by atoms with Gasteiger partial charge in [-0.2, -0.15) is 0 Å². The Kier molecular flexibility index (Phi) is 9.35. The van der Waals surface area contributed by atoms with Crippen molar-refractivity contribution in [2.75, 3.05) is 5.75 Å². The van der Waals surface area contributed by atoms with E-state index in [0.717, 1.165) is 0 Å². The smallest absolute Gasteiger partial charge is 0.395 e. The Morgan fingerprint density at radius 3 is 1.92 bits per heavy atom. The van der Waals surface area contributed by atoms with Crippen molar-refractivity contribution < 1.29 is 18.3 Å². The van der Waals surface area contributed by atoms with Crippen molar-refractivity contribution in [3.63, 3.8) is 0 Å². The number of rotatable bonds is 0. The number of para-hydroxylation sites is 2. The van der Waals surface area contributed by atoms with E-state index in [0.29, 0.717) is 0 Å². The average molecular weight is 368 g/mol. The molecule has 2 aliphatic rings. The minimum atomic E-state index is -3.50. The largest absolute Gasteiger partial charge is 0.586 e. The van der Waals surface area contributed by atoms with E-state index in [1.165, 1.54) is 35.6 Å². The summed E-state index contributed by atoms with van der Waals surface area (Å²) < 4.78 is 32.9. The monoisotopic (exact) mass is 368 g/mol. The van der Waals surface area contributed by atoms with Crippen molar-refractivity contribution in [1.29, 1.82) is 0 Å². The molecule has 138 valence electrons. The lowest BCUT2D eigenvalue weighted by molar-refractivity contribution is -0.286. The van der Waals surface area contributed by atoms with Crippen molar-refractivity contribution in [1.82, 2.24) is 0 Å². The highest BCUT2D eigenvalue weighted by atomic mass is 32.2. The summed E-state index contributed by atoms with van der Waals surface area (Å²) in [7, 11) is 0. The first kappa shape index (κ1) is 21.3. The molecule has 0 radical (unpaired) electrons. The molecule has 0 unspecified atom stereocenters. The lowest BCUT2D eigenvalue weighted by Crippen LogP contribution is -2.25. The van der Waals surface area contributed by atoms with Crippen LogP contribution in [0, 0.1) is 0 Å². The van der Waals surface area contributed by atoms with Crippen molar-refractivity contribution >= 4 is 11.8 Å². The van der Waals surface area contributed by atoms with E-state index in [1.54, 1.807) is 17.7 Å². The van der Waals surface area contributed by atoms with Crippen LogP contribution in [0.5, 0.6) is 11.5 Å². The van der Waals surface area contributed by atoms with Crippen molar-refractivity contribution in [3.05, 3.63) is 54.1 Å². The summed E-state index contributed by atoms with van der Waals surface area (Å²) in [4.78, 5) is 1.49. The molecule has 2 nitrogen and oxygen atoms in total. The quantitative estimate of drug-likeness (QED) is 0.510. The third-order valence-corrected chi connectivity index (χ3v) is 4.33. The molecule has 0 N–H and O–H groups in total. The standard InChI is InChI=1S/C9H10S.C7H4F2O2.2C2H6/c1-2-6-9-8(4-1)5-3-7-10-9;8-7(9)10-5-3-1-2-4-6(5)11-7;2*1-2/h1-2,4,6H,3,5,7H2;1-4H;2*1-2H3. The molecule has 0 atom stereocenters. The van der Waals surface area contributed by atoms with Gasteiger partial charge in [-0.1, -0.05) is 58.0 Å². The first-order valence-electron chi connectivity index (χ1n) is 8.70. The molecule has 2 aliphatic heterocycles. The Bertz CT molecular complexity index is 581. The Hall–Kier alpha value is -1.75. The fourth-order valence-corrected chi connectivity index (χ4v) is 3.23. The molecule has 4 rings (SSSR count). The second kappa shape index (κ2) is 11.0. The number of hydrogen-bond donors (Lipinski definition) is 0. The number of benzene rings is 2. The summed E-state index contributed by atoms with van der Waals surface area (Å²) in [5.74, 6) is 1.46. The summed E-state index contributed by atoms with van der Waals surface area (Å²) in [6.45, 7) is 8.00. The zero-order valence-corrected chi connectivity index (χ0v) is 16.0. The molecule has 0 saturated heterocycles. The minimum absolute atomic E-state index is 0.0810. The fraction of sp³-hybridized carbons (Fsp3) is 0.400. The van der Waals surface area contributed by atoms with Gasteiger partial charge in [0.15, 0.2) is 11.5 Å². The van der Waals surface area contributed by atoms with Crippen LogP contribution in [0.2, 0.25) is 0 Å². The third kappa shape index (κ3) is 6.58. The number of halogens is 2. The maximum absolute atomic E-state index is 12.3. The topological polar surface area (TPSA) is 18.5 Å². The maximum Gasteiger partial charge on any atom is 0.586 e. The summed E-state index contributed by atoms with van der Waals surface area (Å²) >= 11 is 1.99. The highest BCUT2D eigenvalue weighted by Crippen LogP contribution is 2.40. The van der Waals surface area contributed by atoms with E-state index in [-0.39, 0.29) is 11.5 Å². The zero-order chi connectivity index (χ0) is 18.7. The molecule has 2 aromatic rings. The Balaban J connectivity index is 0.000000210. The van der Waals surface area contributed by atoms with E-state index in [4.69, 9.17) is 0 Å². The molecule has 0 spiro atoms. The van der Waals surface area contributed by atoms with Crippen LogP contribution >= 0.6 is 11.8 Å². The molecule has 2 aromatic carbocycles. The molecule has 0 amide bonds. The van der Waals surface area contributed by atoms with E-state index in [1.807, 2.05) is 39.5 Å². The Labute approximate surface area is 153 Å². The number of aryl methyl sites for hydroxylation is 1. The Morgan fingerprint density at radius 2 is 1.36 bits per heavy atom. The molecule has 5 heteroatoms. The minimum Gasteiger partial charge on any atom is -0.395 e. The SMILES string of the molecule is CC.CC.FC1(F)Oc2ccccc2O1.c1ccc2c(c1)CCCS2. The van der Waals surface area contributed by atoms with Gasteiger partial charge in [0, 0.05) is 4.90 Å². The third-order valence-electron chi connectivity index (χ3n) is 3.13. The fourth-order valence-electron chi connectivity index (χ4n) is 2.19. The molecule has 2 heterocycles. The number of alkyl halides is 2. The first-order chi connectivity index (χ1) is 12.1. The first-order valence-corrected chi connectivity index (χ1v) is 9.68. The normalized spacial score (nSPS) is 15.1. The van der Waals surface area contributed by atoms with Gasteiger partial charge in [0.1, 0.15) is 0 Å². The second-order valence-electron chi connectivity index (χ2n) is 4.67. The van der Waals surface area contributed by atoms with Crippen LogP contribution in [0.15, 0.2) is 53.4 Å². The number of fused-ring (bicyclic) bond motifs is 2. The number of hydrogen-bond acceptors (Lipinski definition) is 3. The van der Waals surface area contributed by atoms with Gasteiger partial charge < -0.3 is 9.47 Å². The van der Waals surface area contributed by atoms with Gasteiger partial charge in [-0.05, 0) is 42.4 Å². The van der Waals surface area contributed by atoms with Gasteiger partial charge in [-0.25, -0.2) is 0 Å². The van der Waals surface area contributed by atoms with Crippen LogP contribution in [-0.2, 0) is 6.42 Å². The van der Waals surface area contributed by atoms with Crippen molar-refractivity contribution in [3.8, 4) is 11.5 Å². The number of thioether (sulfide) groups is 1. The van der Waals surface area contributed by atoms with Crippen LogP contribution in [0.4, 0.5) is 8.78 Å². The van der Waals surface area contributed by atoms with Crippen LogP contribution in [0.3, 0.4) is 0 Å². The zero-order valence-electron chi connectivity index (χ0n) is 15.2. The summed E-state index contributed by atoms with van der Waals surface area (Å²) in [6, 6.07) is 14.8. The molecule has 0 aromatic heterocycles. The van der Waals surface area contributed by atoms with Crippen LogP contribution in [-0.4, -0.2) is 12.0 Å². The van der Waals surface area contributed by atoms with Gasteiger partial charge >= 0.3 is 6.29 Å².